The van der Waals surface area contributed by atoms with Gasteiger partial charge in [-0.1, -0.05) is 36.1 Å². The van der Waals surface area contributed by atoms with Gasteiger partial charge < -0.3 is 5.32 Å². The molecule has 0 bridgehead atoms. The van der Waals surface area contributed by atoms with E-state index >= 15 is 0 Å². The molecule has 3 rings (SSSR count). The Morgan fingerprint density at radius 1 is 0.893 bits per heavy atom. The second kappa shape index (κ2) is 8.45. The molecular weight excluding hydrogens is 372 g/mol. The number of benzene rings is 2. The summed E-state index contributed by atoms with van der Waals surface area (Å²) in [5, 5.41) is 2.85. The minimum absolute atomic E-state index is 0.242. The van der Waals surface area contributed by atoms with Crippen LogP contribution in [0.5, 0.6) is 0 Å². The second-order valence-corrected chi connectivity index (χ2v) is 9.54. The van der Waals surface area contributed by atoms with Crippen molar-refractivity contribution >= 4 is 21.6 Å². The van der Waals surface area contributed by atoms with Crippen molar-refractivity contribution in [2.75, 3.05) is 18.4 Å². The Kier molecular flexibility index (Phi) is 6.20. The van der Waals surface area contributed by atoms with Gasteiger partial charge in [-0.2, -0.15) is 4.31 Å². The third kappa shape index (κ3) is 4.62. The third-order valence-corrected chi connectivity index (χ3v) is 7.15. The normalized spacial score (nSPS) is 15.8. The van der Waals surface area contributed by atoms with Crippen LogP contribution in [0, 0.1) is 20.8 Å². The van der Waals surface area contributed by atoms with Gasteiger partial charge in [-0.3, -0.25) is 4.79 Å². The van der Waals surface area contributed by atoms with Crippen LogP contribution in [0.25, 0.3) is 0 Å². The zero-order valence-electron chi connectivity index (χ0n) is 16.8. The fourth-order valence-electron chi connectivity index (χ4n) is 3.69. The Labute approximate surface area is 167 Å². The summed E-state index contributed by atoms with van der Waals surface area (Å²) < 4.78 is 27.9. The van der Waals surface area contributed by atoms with Crippen LogP contribution >= 0.6 is 0 Å². The molecule has 6 heteroatoms. The highest BCUT2D eigenvalue weighted by molar-refractivity contribution is 7.89. The molecule has 1 fully saturated rings. The number of sulfonamides is 1. The van der Waals surface area contributed by atoms with Gasteiger partial charge in [0, 0.05) is 24.3 Å². The Morgan fingerprint density at radius 3 is 2.11 bits per heavy atom. The number of carbonyl (C=O) groups excluding carboxylic acids is 1. The molecule has 28 heavy (non-hydrogen) atoms. The average molecular weight is 401 g/mol. The van der Waals surface area contributed by atoms with Gasteiger partial charge in [-0.25, -0.2) is 8.42 Å². The zero-order chi connectivity index (χ0) is 20.3. The molecule has 0 aromatic heterocycles. The smallest absolute Gasteiger partial charge is 0.255 e. The molecule has 5 nitrogen and oxygen atoms in total. The molecule has 0 spiro atoms. The summed E-state index contributed by atoms with van der Waals surface area (Å²) in [4.78, 5) is 12.9. The number of carbonyl (C=O) groups is 1. The van der Waals surface area contributed by atoms with Gasteiger partial charge in [0.1, 0.15) is 0 Å². The van der Waals surface area contributed by atoms with E-state index in [0.717, 1.165) is 36.8 Å². The summed E-state index contributed by atoms with van der Waals surface area (Å²) in [5.41, 5.74) is 3.77. The predicted molar refractivity (Wildman–Crippen MR) is 112 cm³/mol. The van der Waals surface area contributed by atoms with Crippen LogP contribution < -0.4 is 5.32 Å². The van der Waals surface area contributed by atoms with E-state index in [0.29, 0.717) is 29.9 Å². The highest BCUT2D eigenvalue weighted by Gasteiger charge is 2.27. The quantitative estimate of drug-likeness (QED) is 0.826. The van der Waals surface area contributed by atoms with E-state index < -0.39 is 10.0 Å². The van der Waals surface area contributed by atoms with Gasteiger partial charge >= 0.3 is 0 Å². The van der Waals surface area contributed by atoms with Gasteiger partial charge in [-0.15, -0.1) is 0 Å². The Hall–Kier alpha value is -2.18. The van der Waals surface area contributed by atoms with E-state index in [-0.39, 0.29) is 10.8 Å². The number of amides is 1. The molecule has 1 aliphatic heterocycles. The molecule has 150 valence electrons. The SMILES string of the molecule is Cc1cc(C)cc(C(=O)Nc2ccc(C)c(S(=O)(=O)N3CCCCCC3)c2)c1. The fraction of sp³-hybridized carbons (Fsp3) is 0.409. The summed E-state index contributed by atoms with van der Waals surface area (Å²) in [6.45, 7) is 6.80. The molecule has 1 amide bonds. The summed E-state index contributed by atoms with van der Waals surface area (Å²) in [6.07, 6.45) is 3.91. The number of rotatable bonds is 4. The van der Waals surface area contributed by atoms with Gasteiger partial charge in [0.25, 0.3) is 5.91 Å². The first kappa shape index (κ1) is 20.6. The first-order valence-electron chi connectivity index (χ1n) is 9.78. The lowest BCUT2D eigenvalue weighted by atomic mass is 10.1. The Bertz CT molecular complexity index is 955. The molecule has 1 aliphatic rings. The van der Waals surface area contributed by atoms with Crippen molar-refractivity contribution in [3.8, 4) is 0 Å². The summed E-state index contributed by atoms with van der Waals surface area (Å²) in [5.74, 6) is -0.242. The fourth-order valence-corrected chi connectivity index (χ4v) is 5.45. The lowest BCUT2D eigenvalue weighted by Gasteiger charge is -2.21. The van der Waals surface area contributed by atoms with E-state index in [9.17, 15) is 13.2 Å². The van der Waals surface area contributed by atoms with Crippen LogP contribution in [-0.2, 0) is 10.0 Å². The maximum Gasteiger partial charge on any atom is 0.255 e. The maximum absolute atomic E-state index is 13.2. The minimum atomic E-state index is -3.57. The van der Waals surface area contributed by atoms with E-state index in [1.54, 1.807) is 29.4 Å². The number of nitrogens with one attached hydrogen (secondary N) is 1. The third-order valence-electron chi connectivity index (χ3n) is 5.11. The Morgan fingerprint density at radius 2 is 1.50 bits per heavy atom. The average Bonchev–Trinajstić information content (AvgIpc) is 2.92. The first-order chi connectivity index (χ1) is 13.3. The van der Waals surface area contributed by atoms with Crippen LogP contribution in [0.2, 0.25) is 0 Å². The Balaban J connectivity index is 1.87. The molecular formula is C22H28N2O3S. The van der Waals surface area contributed by atoms with E-state index in [4.69, 9.17) is 0 Å². The van der Waals surface area contributed by atoms with E-state index in [1.165, 1.54) is 0 Å². The van der Waals surface area contributed by atoms with E-state index in [2.05, 4.69) is 5.32 Å². The lowest BCUT2D eigenvalue weighted by Crippen LogP contribution is -2.32. The molecule has 2 aromatic carbocycles. The van der Waals surface area contributed by atoms with Crippen LogP contribution in [0.1, 0.15) is 52.7 Å². The van der Waals surface area contributed by atoms with Crippen molar-refractivity contribution in [2.24, 2.45) is 0 Å². The van der Waals surface area contributed by atoms with E-state index in [1.807, 2.05) is 32.0 Å². The number of anilines is 1. The molecule has 0 atom stereocenters. The topological polar surface area (TPSA) is 66.5 Å². The standard InChI is InChI=1S/C22H28N2O3S/c1-16-12-17(2)14-19(13-16)22(25)23-20-9-8-18(3)21(15-20)28(26,27)24-10-6-4-5-7-11-24/h8-9,12-15H,4-7,10-11H2,1-3H3,(H,23,25). The largest absolute Gasteiger partial charge is 0.322 e. The van der Waals surface area contributed by atoms with Gasteiger partial charge in [-0.05, 0) is 63.4 Å². The maximum atomic E-state index is 13.2. The highest BCUT2D eigenvalue weighted by Crippen LogP contribution is 2.26. The van der Waals surface area contributed by atoms with Crippen molar-refractivity contribution in [3.05, 3.63) is 58.7 Å². The van der Waals surface area contributed by atoms with Crippen molar-refractivity contribution < 1.29 is 13.2 Å². The molecule has 1 heterocycles. The number of hydrogen-bond acceptors (Lipinski definition) is 3. The highest BCUT2D eigenvalue weighted by atomic mass is 32.2. The van der Waals surface area contributed by atoms with Crippen molar-refractivity contribution in [3.63, 3.8) is 0 Å². The molecule has 1 saturated heterocycles. The van der Waals surface area contributed by atoms with Gasteiger partial charge in [0.05, 0.1) is 4.90 Å². The van der Waals surface area contributed by atoms with Crippen molar-refractivity contribution in [1.82, 2.24) is 4.31 Å². The molecule has 0 saturated carbocycles. The van der Waals surface area contributed by atoms with Crippen molar-refractivity contribution in [1.29, 1.82) is 0 Å². The number of aryl methyl sites for hydroxylation is 3. The van der Waals surface area contributed by atoms with Crippen LogP contribution in [0.15, 0.2) is 41.3 Å². The molecule has 0 unspecified atom stereocenters. The van der Waals surface area contributed by atoms with Crippen LogP contribution in [0.4, 0.5) is 5.69 Å². The second-order valence-electron chi connectivity index (χ2n) is 7.63. The van der Waals surface area contributed by atoms with Crippen LogP contribution in [0.3, 0.4) is 0 Å². The van der Waals surface area contributed by atoms with Gasteiger partial charge in [0.2, 0.25) is 10.0 Å². The first-order valence-corrected chi connectivity index (χ1v) is 11.2. The number of hydrogen-bond donors (Lipinski definition) is 1. The molecule has 1 N–H and O–H groups in total. The minimum Gasteiger partial charge on any atom is -0.322 e. The molecule has 0 aliphatic carbocycles. The van der Waals surface area contributed by atoms with Gasteiger partial charge in [0.15, 0.2) is 0 Å². The number of nitrogens with zero attached hydrogens (tertiary/aromatic N) is 1. The summed E-state index contributed by atoms with van der Waals surface area (Å²) >= 11 is 0. The summed E-state index contributed by atoms with van der Waals surface area (Å²) in [7, 11) is -3.57. The van der Waals surface area contributed by atoms with Crippen molar-refractivity contribution in [2.45, 2.75) is 51.3 Å². The lowest BCUT2D eigenvalue weighted by molar-refractivity contribution is 0.102. The predicted octanol–water partition coefficient (Wildman–Crippen LogP) is 4.43. The monoisotopic (exact) mass is 400 g/mol. The molecule has 2 aromatic rings. The van der Waals surface area contributed by atoms with Crippen LogP contribution in [-0.4, -0.2) is 31.7 Å². The molecule has 0 radical (unpaired) electrons. The zero-order valence-corrected chi connectivity index (χ0v) is 17.6. The summed E-state index contributed by atoms with van der Waals surface area (Å²) in [6, 6.07) is 10.7.